The van der Waals surface area contributed by atoms with Crippen LogP contribution in [-0.2, 0) is 4.74 Å². The molecule has 7 heteroatoms. The second kappa shape index (κ2) is 7.64. The van der Waals surface area contributed by atoms with Gasteiger partial charge in [-0.2, -0.15) is 0 Å². The van der Waals surface area contributed by atoms with Gasteiger partial charge in [-0.1, -0.05) is 44.9 Å². The van der Waals surface area contributed by atoms with Crippen molar-refractivity contribution in [1.29, 1.82) is 0 Å². The topological polar surface area (TPSA) is 42.4 Å². The van der Waals surface area contributed by atoms with Crippen molar-refractivity contribution in [3.05, 3.63) is 57.5 Å². The van der Waals surface area contributed by atoms with Crippen LogP contribution in [0.15, 0.2) is 46.9 Å². The minimum Gasteiger partial charge on any atom is -0.376 e. The van der Waals surface area contributed by atoms with Gasteiger partial charge in [0.05, 0.1) is 22.4 Å². The zero-order valence-corrected chi connectivity index (χ0v) is 17.0. The molecule has 134 valence electrons. The smallest absolute Gasteiger partial charge is 0.260 e. The van der Waals surface area contributed by atoms with Crippen LogP contribution in [-0.4, -0.2) is 30.1 Å². The molecule has 0 bridgehead atoms. The van der Waals surface area contributed by atoms with Crippen LogP contribution in [0.4, 0.5) is 5.13 Å². The highest BCUT2D eigenvalue weighted by molar-refractivity contribution is 9.10. The molecular weight excluding hydrogens is 436 g/mol. The first-order chi connectivity index (χ1) is 12.6. The van der Waals surface area contributed by atoms with Crippen LogP contribution in [0.5, 0.6) is 0 Å². The highest BCUT2D eigenvalue weighted by atomic mass is 79.9. The van der Waals surface area contributed by atoms with Gasteiger partial charge in [0.1, 0.15) is 5.52 Å². The zero-order valence-electron chi connectivity index (χ0n) is 13.8. The number of hydrogen-bond donors (Lipinski definition) is 0. The predicted molar refractivity (Wildman–Crippen MR) is 109 cm³/mol. The number of benzene rings is 2. The van der Waals surface area contributed by atoms with Gasteiger partial charge < -0.3 is 4.74 Å². The Kier molecular flexibility index (Phi) is 5.27. The summed E-state index contributed by atoms with van der Waals surface area (Å²) in [7, 11) is 0. The lowest BCUT2D eigenvalue weighted by Crippen LogP contribution is -2.37. The van der Waals surface area contributed by atoms with Gasteiger partial charge in [-0.25, -0.2) is 4.98 Å². The van der Waals surface area contributed by atoms with Gasteiger partial charge in [0.25, 0.3) is 5.91 Å². The molecule has 0 N–H and O–H groups in total. The Bertz CT molecular complexity index is 938. The van der Waals surface area contributed by atoms with Crippen LogP contribution in [0, 0.1) is 0 Å². The maximum atomic E-state index is 13.2. The van der Waals surface area contributed by atoms with Crippen molar-refractivity contribution in [3.63, 3.8) is 0 Å². The summed E-state index contributed by atoms with van der Waals surface area (Å²) in [5, 5.41) is 1.25. The van der Waals surface area contributed by atoms with Crippen LogP contribution in [0.1, 0.15) is 23.2 Å². The summed E-state index contributed by atoms with van der Waals surface area (Å²) in [5.41, 5.74) is 1.35. The Hall–Kier alpha value is -1.47. The fourth-order valence-electron chi connectivity index (χ4n) is 3.01. The maximum Gasteiger partial charge on any atom is 0.260 e. The van der Waals surface area contributed by atoms with Gasteiger partial charge in [-0.05, 0) is 49.2 Å². The van der Waals surface area contributed by atoms with Crippen molar-refractivity contribution in [2.45, 2.75) is 18.9 Å². The normalized spacial score (nSPS) is 16.9. The largest absolute Gasteiger partial charge is 0.376 e. The number of fused-ring (bicyclic) bond motifs is 1. The van der Waals surface area contributed by atoms with Gasteiger partial charge >= 0.3 is 0 Å². The molecule has 0 aliphatic carbocycles. The molecule has 1 fully saturated rings. The SMILES string of the molecule is O=C(c1ccc(Br)cc1)N(CC1CCCO1)c1nc2c(Cl)cccc2s1. The van der Waals surface area contributed by atoms with E-state index < -0.39 is 0 Å². The third-order valence-corrected chi connectivity index (χ3v) is 6.21. The van der Waals surface area contributed by atoms with Crippen molar-refractivity contribution in [2.75, 3.05) is 18.1 Å². The second-order valence-electron chi connectivity index (χ2n) is 6.14. The number of para-hydroxylation sites is 1. The number of nitrogens with zero attached hydrogens (tertiary/aromatic N) is 2. The molecule has 26 heavy (non-hydrogen) atoms. The van der Waals surface area contributed by atoms with E-state index in [1.165, 1.54) is 11.3 Å². The molecule has 2 aromatic carbocycles. The number of carbonyl (C=O) groups excluding carboxylic acids is 1. The highest BCUT2D eigenvalue weighted by Gasteiger charge is 2.27. The third-order valence-electron chi connectivity index (χ3n) is 4.34. The number of rotatable bonds is 4. The molecule has 0 saturated carbocycles. The monoisotopic (exact) mass is 450 g/mol. The minimum atomic E-state index is -0.0804. The minimum absolute atomic E-state index is 0.0388. The van der Waals surface area contributed by atoms with Crippen LogP contribution < -0.4 is 4.90 Å². The zero-order chi connectivity index (χ0) is 18.1. The predicted octanol–water partition coefficient (Wildman–Crippen LogP) is 5.54. The lowest BCUT2D eigenvalue weighted by Gasteiger charge is -2.23. The average molecular weight is 452 g/mol. The van der Waals surface area contributed by atoms with Crippen LogP contribution >= 0.6 is 38.9 Å². The van der Waals surface area contributed by atoms with E-state index in [1.54, 1.807) is 4.90 Å². The fraction of sp³-hybridized carbons (Fsp3) is 0.263. The second-order valence-corrected chi connectivity index (χ2v) is 8.47. The lowest BCUT2D eigenvalue weighted by atomic mass is 10.2. The van der Waals surface area contributed by atoms with Crippen molar-refractivity contribution >= 4 is 60.1 Å². The molecule has 0 spiro atoms. The molecule has 1 atom stereocenters. The molecule has 1 saturated heterocycles. The van der Waals surface area contributed by atoms with Crippen molar-refractivity contribution in [3.8, 4) is 0 Å². The van der Waals surface area contributed by atoms with Gasteiger partial charge in [-0.15, -0.1) is 0 Å². The first kappa shape index (κ1) is 17.9. The summed E-state index contributed by atoms with van der Waals surface area (Å²) in [6.07, 6.45) is 2.02. The highest BCUT2D eigenvalue weighted by Crippen LogP contribution is 2.34. The molecular formula is C19H16BrClN2O2S. The van der Waals surface area contributed by atoms with Gasteiger partial charge in [-0.3, -0.25) is 9.69 Å². The Morgan fingerprint density at radius 1 is 1.31 bits per heavy atom. The average Bonchev–Trinajstić information content (AvgIpc) is 3.30. The van der Waals surface area contributed by atoms with Crippen molar-refractivity contribution in [2.24, 2.45) is 0 Å². The molecule has 4 rings (SSSR count). The summed E-state index contributed by atoms with van der Waals surface area (Å²) in [4.78, 5) is 19.6. The van der Waals surface area contributed by atoms with E-state index in [2.05, 4.69) is 20.9 Å². The first-order valence-corrected chi connectivity index (χ1v) is 10.3. The summed E-state index contributed by atoms with van der Waals surface area (Å²) >= 11 is 11.2. The molecule has 1 unspecified atom stereocenters. The Morgan fingerprint density at radius 3 is 2.81 bits per heavy atom. The lowest BCUT2D eigenvalue weighted by molar-refractivity contribution is 0.0917. The number of ether oxygens (including phenoxy) is 1. The first-order valence-electron chi connectivity index (χ1n) is 8.36. The number of anilines is 1. The summed E-state index contributed by atoms with van der Waals surface area (Å²) in [5.74, 6) is -0.0804. The van der Waals surface area contributed by atoms with Crippen molar-refractivity contribution < 1.29 is 9.53 Å². The Labute approximate surface area is 168 Å². The van der Waals surface area contributed by atoms with Gasteiger partial charge in [0.2, 0.25) is 0 Å². The molecule has 1 aromatic heterocycles. The number of hydrogen-bond acceptors (Lipinski definition) is 4. The number of carbonyl (C=O) groups is 1. The maximum absolute atomic E-state index is 13.2. The van der Waals surface area contributed by atoms with Gasteiger partial charge in [0.15, 0.2) is 5.13 Å². The van der Waals surface area contributed by atoms with Crippen LogP contribution in [0.2, 0.25) is 5.02 Å². The molecule has 4 nitrogen and oxygen atoms in total. The van der Waals surface area contributed by atoms with E-state index in [-0.39, 0.29) is 12.0 Å². The molecule has 2 heterocycles. The Balaban J connectivity index is 1.72. The van der Waals surface area contributed by atoms with Crippen LogP contribution in [0.3, 0.4) is 0 Å². The summed E-state index contributed by atoms with van der Waals surface area (Å²) in [6, 6.07) is 13.0. The molecule has 0 radical (unpaired) electrons. The quantitative estimate of drug-likeness (QED) is 0.523. The molecule has 3 aromatic rings. The van der Waals surface area contributed by atoms with Gasteiger partial charge in [0, 0.05) is 16.6 Å². The number of aromatic nitrogens is 1. The number of halogens is 2. The van der Waals surface area contributed by atoms with E-state index in [0.29, 0.717) is 22.3 Å². The van der Waals surface area contributed by atoms with E-state index in [0.717, 1.165) is 34.1 Å². The number of thiazole rings is 1. The number of amides is 1. The standard InChI is InChI=1S/C19H16BrClN2O2S/c20-13-8-6-12(7-9-13)18(24)23(11-14-3-2-10-25-14)19-22-17-15(21)4-1-5-16(17)26-19/h1,4-9,14H,2-3,10-11H2. The summed E-state index contributed by atoms with van der Waals surface area (Å²) in [6.45, 7) is 1.24. The van der Waals surface area contributed by atoms with E-state index in [4.69, 9.17) is 16.3 Å². The van der Waals surface area contributed by atoms with E-state index in [1.807, 2.05) is 42.5 Å². The fourth-order valence-corrected chi connectivity index (χ4v) is 4.54. The molecule has 1 aliphatic rings. The van der Waals surface area contributed by atoms with E-state index in [9.17, 15) is 4.79 Å². The molecule has 1 aliphatic heterocycles. The van der Waals surface area contributed by atoms with Crippen molar-refractivity contribution in [1.82, 2.24) is 4.98 Å². The summed E-state index contributed by atoms with van der Waals surface area (Å²) < 4.78 is 7.66. The third kappa shape index (κ3) is 3.64. The molecule has 1 amide bonds. The van der Waals surface area contributed by atoms with Crippen LogP contribution in [0.25, 0.3) is 10.2 Å². The Morgan fingerprint density at radius 2 is 2.12 bits per heavy atom. The van der Waals surface area contributed by atoms with E-state index >= 15 is 0 Å².